The van der Waals surface area contributed by atoms with Crippen LogP contribution in [-0.2, 0) is 4.74 Å². The van der Waals surface area contributed by atoms with Gasteiger partial charge in [0.1, 0.15) is 5.75 Å². The molecular formula is C15H16N2O3. The second-order valence-electron chi connectivity index (χ2n) is 5.69. The van der Waals surface area contributed by atoms with Crippen LogP contribution >= 0.6 is 0 Å². The van der Waals surface area contributed by atoms with Crippen molar-refractivity contribution >= 4 is 0 Å². The van der Waals surface area contributed by atoms with Gasteiger partial charge in [0, 0.05) is 0 Å². The summed E-state index contributed by atoms with van der Waals surface area (Å²) >= 11 is 0. The fraction of sp³-hybridized carbons (Fsp3) is 0.467. The quantitative estimate of drug-likeness (QED) is 0.910. The summed E-state index contributed by atoms with van der Waals surface area (Å²) in [5.41, 5.74) is 1.63. The summed E-state index contributed by atoms with van der Waals surface area (Å²) in [5, 5.41) is 14.0. The molecule has 3 heterocycles. The summed E-state index contributed by atoms with van der Waals surface area (Å²) in [6.07, 6.45) is 3.79. The smallest absolute Gasteiger partial charge is 0.261 e. The molecule has 0 radical (unpaired) electrons. The third-order valence-corrected chi connectivity index (χ3v) is 4.26. The number of hydrogen-bond donors (Lipinski definition) is 1. The van der Waals surface area contributed by atoms with Crippen molar-refractivity contribution < 1.29 is 14.4 Å². The molecule has 104 valence electrons. The zero-order valence-corrected chi connectivity index (χ0v) is 11.2. The molecule has 1 N–H and O–H groups in total. The van der Waals surface area contributed by atoms with E-state index in [4.69, 9.17) is 9.26 Å². The lowest BCUT2D eigenvalue weighted by molar-refractivity contribution is 0.0996. The number of ether oxygens (including phenoxy) is 1. The van der Waals surface area contributed by atoms with Crippen molar-refractivity contribution in [2.75, 3.05) is 0 Å². The van der Waals surface area contributed by atoms with Crippen molar-refractivity contribution in [2.45, 2.75) is 44.3 Å². The number of aryl methyl sites for hydroxylation is 1. The number of aromatic nitrogens is 2. The van der Waals surface area contributed by atoms with Crippen molar-refractivity contribution in [1.82, 2.24) is 10.1 Å². The molecule has 1 aromatic carbocycles. The maximum atomic E-state index is 9.92. The third-order valence-electron chi connectivity index (χ3n) is 4.26. The molecule has 0 spiro atoms. The highest BCUT2D eigenvalue weighted by atomic mass is 16.5. The van der Waals surface area contributed by atoms with E-state index in [2.05, 4.69) is 10.1 Å². The maximum absolute atomic E-state index is 9.92. The van der Waals surface area contributed by atoms with E-state index in [1.165, 1.54) is 0 Å². The molecule has 2 aliphatic rings. The average molecular weight is 272 g/mol. The summed E-state index contributed by atoms with van der Waals surface area (Å²) in [5.74, 6) is 1.48. The molecule has 3 unspecified atom stereocenters. The van der Waals surface area contributed by atoms with E-state index in [9.17, 15) is 5.11 Å². The number of rotatable bonds is 2. The van der Waals surface area contributed by atoms with Crippen LogP contribution in [0.1, 0.15) is 36.6 Å². The van der Waals surface area contributed by atoms with Gasteiger partial charge in [-0.3, -0.25) is 0 Å². The van der Waals surface area contributed by atoms with Crippen LogP contribution in [0.2, 0.25) is 0 Å². The molecule has 0 aliphatic carbocycles. The normalized spacial score (nSPS) is 28.1. The van der Waals surface area contributed by atoms with E-state index in [1.54, 1.807) is 6.07 Å². The lowest BCUT2D eigenvalue weighted by Gasteiger charge is -2.13. The topological polar surface area (TPSA) is 68.4 Å². The van der Waals surface area contributed by atoms with E-state index >= 15 is 0 Å². The fourth-order valence-electron chi connectivity index (χ4n) is 3.23. The number of fused-ring (bicyclic) bond motifs is 2. The second kappa shape index (κ2) is 4.31. The van der Waals surface area contributed by atoms with Crippen LogP contribution in [0.15, 0.2) is 22.7 Å². The van der Waals surface area contributed by atoms with Crippen LogP contribution in [0.4, 0.5) is 0 Å². The van der Waals surface area contributed by atoms with E-state index in [-0.39, 0.29) is 17.8 Å². The Bertz CT molecular complexity index is 652. The predicted octanol–water partition coefficient (Wildman–Crippen LogP) is 2.79. The van der Waals surface area contributed by atoms with Gasteiger partial charge in [-0.2, -0.15) is 4.98 Å². The highest BCUT2D eigenvalue weighted by Crippen LogP contribution is 2.44. The van der Waals surface area contributed by atoms with Crippen molar-refractivity contribution in [2.24, 2.45) is 0 Å². The van der Waals surface area contributed by atoms with Gasteiger partial charge in [0.15, 0.2) is 5.82 Å². The fourth-order valence-corrected chi connectivity index (χ4v) is 3.23. The Balaban J connectivity index is 1.66. The third kappa shape index (κ3) is 1.81. The molecule has 1 aromatic heterocycles. The van der Waals surface area contributed by atoms with Gasteiger partial charge < -0.3 is 14.4 Å². The largest absolute Gasteiger partial charge is 0.507 e. The van der Waals surface area contributed by atoms with Gasteiger partial charge in [0.05, 0.1) is 23.7 Å². The van der Waals surface area contributed by atoms with Crippen molar-refractivity contribution in [3.63, 3.8) is 0 Å². The molecule has 5 heteroatoms. The van der Waals surface area contributed by atoms with Crippen molar-refractivity contribution in [3.05, 3.63) is 29.6 Å². The highest BCUT2D eigenvalue weighted by molar-refractivity contribution is 5.63. The molecular weight excluding hydrogens is 256 g/mol. The summed E-state index contributed by atoms with van der Waals surface area (Å²) in [4.78, 5) is 4.47. The lowest BCUT2D eigenvalue weighted by atomic mass is 9.89. The first-order valence-corrected chi connectivity index (χ1v) is 7.00. The number of aromatic hydroxyl groups is 1. The number of nitrogens with zero attached hydrogens (tertiary/aromatic N) is 2. The Kier molecular flexibility index (Phi) is 2.57. The molecule has 2 fully saturated rings. The maximum Gasteiger partial charge on any atom is 0.261 e. The molecule has 4 rings (SSSR count). The Morgan fingerprint density at radius 3 is 2.95 bits per heavy atom. The first kappa shape index (κ1) is 11.9. The highest BCUT2D eigenvalue weighted by Gasteiger charge is 2.43. The van der Waals surface area contributed by atoms with Crippen molar-refractivity contribution in [1.29, 1.82) is 0 Å². The van der Waals surface area contributed by atoms with Gasteiger partial charge in [-0.15, -0.1) is 0 Å². The van der Waals surface area contributed by atoms with E-state index in [1.807, 2.05) is 19.1 Å². The van der Waals surface area contributed by atoms with Gasteiger partial charge >= 0.3 is 0 Å². The molecule has 2 bridgehead atoms. The standard InChI is InChI=1S/C15H16N2O3/c1-8-2-4-12(18)10(6-8)15-16-14(17-20-15)11-7-9-3-5-13(11)19-9/h2,4,6,9,11,13,18H,3,5,7H2,1H3. The van der Waals surface area contributed by atoms with E-state index in [0.29, 0.717) is 23.4 Å². The Morgan fingerprint density at radius 2 is 2.20 bits per heavy atom. The average Bonchev–Trinajstić information content (AvgIpc) is 3.15. The SMILES string of the molecule is Cc1ccc(O)c(-c2nc(C3CC4CCC3O4)no2)c1. The van der Waals surface area contributed by atoms with E-state index < -0.39 is 0 Å². The molecule has 0 saturated carbocycles. The Labute approximate surface area is 116 Å². The minimum absolute atomic E-state index is 0.162. The van der Waals surface area contributed by atoms with Gasteiger partial charge in [0.2, 0.25) is 0 Å². The van der Waals surface area contributed by atoms with Crippen LogP contribution in [0.5, 0.6) is 5.75 Å². The van der Waals surface area contributed by atoms with Gasteiger partial charge in [-0.1, -0.05) is 16.8 Å². The number of hydrogen-bond acceptors (Lipinski definition) is 5. The molecule has 20 heavy (non-hydrogen) atoms. The monoisotopic (exact) mass is 272 g/mol. The van der Waals surface area contributed by atoms with Gasteiger partial charge in [-0.05, 0) is 38.3 Å². The molecule has 2 aliphatic heterocycles. The van der Waals surface area contributed by atoms with Crippen LogP contribution in [0, 0.1) is 6.92 Å². The molecule has 0 amide bonds. The van der Waals surface area contributed by atoms with Gasteiger partial charge in [0.25, 0.3) is 5.89 Å². The van der Waals surface area contributed by atoms with Crippen LogP contribution in [0.25, 0.3) is 11.5 Å². The number of phenolic OH excluding ortho intramolecular Hbond substituents is 1. The summed E-state index contributed by atoms with van der Waals surface area (Å²) < 4.78 is 11.2. The van der Waals surface area contributed by atoms with Crippen molar-refractivity contribution in [3.8, 4) is 17.2 Å². The van der Waals surface area contributed by atoms with Crippen LogP contribution < -0.4 is 0 Å². The zero-order chi connectivity index (χ0) is 13.7. The van der Waals surface area contributed by atoms with E-state index in [0.717, 1.165) is 24.8 Å². The summed E-state index contributed by atoms with van der Waals surface area (Å²) in [6, 6.07) is 5.35. The lowest BCUT2D eigenvalue weighted by Crippen LogP contribution is -2.15. The predicted molar refractivity (Wildman–Crippen MR) is 71.4 cm³/mol. The Morgan fingerprint density at radius 1 is 1.30 bits per heavy atom. The van der Waals surface area contributed by atoms with Gasteiger partial charge in [-0.25, -0.2) is 0 Å². The zero-order valence-electron chi connectivity index (χ0n) is 11.2. The first-order chi connectivity index (χ1) is 9.70. The minimum Gasteiger partial charge on any atom is -0.507 e. The summed E-state index contributed by atoms with van der Waals surface area (Å²) in [7, 11) is 0. The minimum atomic E-state index is 0.162. The molecule has 2 saturated heterocycles. The molecule has 3 atom stereocenters. The summed E-state index contributed by atoms with van der Waals surface area (Å²) in [6.45, 7) is 1.96. The second-order valence-corrected chi connectivity index (χ2v) is 5.69. The first-order valence-electron chi connectivity index (χ1n) is 7.00. The Hall–Kier alpha value is -1.88. The van der Waals surface area contributed by atoms with Crippen LogP contribution in [-0.4, -0.2) is 27.5 Å². The molecule has 5 nitrogen and oxygen atoms in total. The van der Waals surface area contributed by atoms with Crippen LogP contribution in [0.3, 0.4) is 0 Å². The molecule has 2 aromatic rings. The number of benzene rings is 1. The number of phenols is 1.